The van der Waals surface area contributed by atoms with E-state index in [9.17, 15) is 26.4 Å². The molecule has 2 aromatic rings. The highest BCUT2D eigenvalue weighted by Crippen LogP contribution is 2.35. The van der Waals surface area contributed by atoms with E-state index in [2.05, 4.69) is 10.0 Å². The summed E-state index contributed by atoms with van der Waals surface area (Å²) in [6.45, 7) is 1.18. The van der Waals surface area contributed by atoms with Crippen LogP contribution in [0.5, 0.6) is 5.75 Å². The fourth-order valence-corrected chi connectivity index (χ4v) is 3.95. The number of rotatable bonds is 7. The number of carbonyl (C=O) groups excluding carboxylic acids is 1. The molecule has 1 aromatic heterocycles. The smallest absolute Gasteiger partial charge is 0.416 e. The van der Waals surface area contributed by atoms with Gasteiger partial charge in [-0.25, -0.2) is 13.1 Å². The summed E-state index contributed by atoms with van der Waals surface area (Å²) in [4.78, 5) is 12.0. The molecule has 2 N–H and O–H groups in total. The Hall–Kier alpha value is -2.11. The van der Waals surface area contributed by atoms with Crippen LogP contribution in [0, 0.1) is 0 Å². The summed E-state index contributed by atoms with van der Waals surface area (Å²) in [6.07, 6.45) is -4.59. The molecule has 0 saturated carbocycles. The van der Waals surface area contributed by atoms with E-state index in [4.69, 9.17) is 4.74 Å². The van der Waals surface area contributed by atoms with Crippen molar-refractivity contribution in [1.29, 1.82) is 0 Å². The van der Waals surface area contributed by atoms with Crippen LogP contribution in [0.25, 0.3) is 0 Å². The fraction of sp³-hybridized carbons (Fsp3) is 0.267. The molecular formula is C15H15F3N2O4S2. The Morgan fingerprint density at radius 1 is 1.27 bits per heavy atom. The van der Waals surface area contributed by atoms with Crippen molar-refractivity contribution >= 4 is 33.0 Å². The van der Waals surface area contributed by atoms with Gasteiger partial charge in [-0.05, 0) is 36.6 Å². The molecule has 0 fully saturated rings. The van der Waals surface area contributed by atoms with Crippen LogP contribution in [-0.4, -0.2) is 27.5 Å². The van der Waals surface area contributed by atoms with Gasteiger partial charge in [0.2, 0.25) is 5.91 Å². The standard InChI is InChI=1S/C15H15F3N2O4S2/c1-2-24-12-6-5-10(15(16,17)18)8-11(12)20-13(21)9-19-26(22,23)14-4-3-7-25-14/h3-8,19H,2,9H2,1H3,(H,20,21). The summed E-state index contributed by atoms with van der Waals surface area (Å²) in [7, 11) is -3.86. The number of anilines is 1. The third kappa shape index (κ3) is 5.19. The summed E-state index contributed by atoms with van der Waals surface area (Å²) in [5.74, 6) is -0.777. The van der Waals surface area contributed by atoms with Crippen molar-refractivity contribution in [3.8, 4) is 5.75 Å². The van der Waals surface area contributed by atoms with Gasteiger partial charge in [0.25, 0.3) is 10.0 Å². The highest BCUT2D eigenvalue weighted by atomic mass is 32.2. The second kappa shape index (κ2) is 8.06. The lowest BCUT2D eigenvalue weighted by Crippen LogP contribution is -2.32. The van der Waals surface area contributed by atoms with Crippen LogP contribution in [0.1, 0.15) is 12.5 Å². The first kappa shape index (κ1) is 20.2. The van der Waals surface area contributed by atoms with Crippen molar-refractivity contribution in [1.82, 2.24) is 4.72 Å². The zero-order chi connectivity index (χ0) is 19.4. The predicted octanol–water partition coefficient (Wildman–Crippen LogP) is 3.08. The molecular weight excluding hydrogens is 393 g/mol. The highest BCUT2D eigenvalue weighted by Gasteiger charge is 2.31. The minimum Gasteiger partial charge on any atom is -0.492 e. The minimum atomic E-state index is -4.59. The van der Waals surface area contributed by atoms with Crippen LogP contribution in [0.2, 0.25) is 0 Å². The lowest BCUT2D eigenvalue weighted by Gasteiger charge is -2.15. The maximum atomic E-state index is 12.8. The zero-order valence-corrected chi connectivity index (χ0v) is 15.1. The largest absolute Gasteiger partial charge is 0.492 e. The van der Waals surface area contributed by atoms with Crippen LogP contribution in [0.3, 0.4) is 0 Å². The van der Waals surface area contributed by atoms with E-state index in [0.717, 1.165) is 29.5 Å². The van der Waals surface area contributed by atoms with Crippen LogP contribution in [0.15, 0.2) is 39.9 Å². The fourth-order valence-electron chi connectivity index (χ4n) is 1.93. The molecule has 0 unspecified atom stereocenters. The molecule has 0 atom stereocenters. The topological polar surface area (TPSA) is 84.5 Å². The maximum Gasteiger partial charge on any atom is 0.416 e. The molecule has 1 aromatic carbocycles. The third-order valence-electron chi connectivity index (χ3n) is 3.06. The summed E-state index contributed by atoms with van der Waals surface area (Å²) in [5.41, 5.74) is -1.16. The van der Waals surface area contributed by atoms with Crippen molar-refractivity contribution in [2.24, 2.45) is 0 Å². The number of ether oxygens (including phenoxy) is 1. The zero-order valence-electron chi connectivity index (χ0n) is 13.5. The number of halogens is 3. The van der Waals surface area contributed by atoms with Crippen LogP contribution < -0.4 is 14.8 Å². The number of carbonyl (C=O) groups is 1. The number of sulfonamides is 1. The Morgan fingerprint density at radius 3 is 2.58 bits per heavy atom. The molecule has 0 aliphatic heterocycles. The lowest BCUT2D eigenvalue weighted by atomic mass is 10.1. The van der Waals surface area contributed by atoms with E-state index < -0.39 is 34.2 Å². The quantitative estimate of drug-likeness (QED) is 0.738. The molecule has 11 heteroatoms. The van der Waals surface area contributed by atoms with Gasteiger partial charge in [-0.1, -0.05) is 6.07 Å². The van der Waals surface area contributed by atoms with E-state index in [0.29, 0.717) is 0 Å². The molecule has 0 radical (unpaired) electrons. The Bertz CT molecular complexity index is 866. The van der Waals surface area contributed by atoms with Gasteiger partial charge >= 0.3 is 6.18 Å². The summed E-state index contributed by atoms with van der Waals surface area (Å²) in [6, 6.07) is 5.57. The van der Waals surface area contributed by atoms with Gasteiger partial charge < -0.3 is 10.1 Å². The second-order valence-corrected chi connectivity index (χ2v) is 7.89. The minimum absolute atomic E-state index is 0.0272. The molecule has 0 aliphatic rings. The number of thiophene rings is 1. The van der Waals surface area contributed by atoms with Crippen molar-refractivity contribution < 1.29 is 31.1 Å². The van der Waals surface area contributed by atoms with Gasteiger partial charge in [-0.15, -0.1) is 11.3 Å². The molecule has 1 heterocycles. The Labute approximate surface area is 152 Å². The van der Waals surface area contributed by atoms with E-state index in [1.54, 1.807) is 12.3 Å². The number of hydrogen-bond donors (Lipinski definition) is 2. The normalized spacial score (nSPS) is 12.0. The Balaban J connectivity index is 2.12. The monoisotopic (exact) mass is 408 g/mol. The molecule has 0 saturated heterocycles. The predicted molar refractivity (Wildman–Crippen MR) is 90.8 cm³/mol. The molecule has 0 spiro atoms. The SMILES string of the molecule is CCOc1ccc(C(F)(F)F)cc1NC(=O)CNS(=O)(=O)c1cccs1. The molecule has 2 rings (SSSR count). The molecule has 0 bridgehead atoms. The summed E-state index contributed by atoms with van der Waals surface area (Å²) in [5, 5.41) is 3.80. The van der Waals surface area contributed by atoms with Gasteiger partial charge in [-0.3, -0.25) is 4.79 Å². The average molecular weight is 408 g/mol. The van der Waals surface area contributed by atoms with Gasteiger partial charge in [0, 0.05) is 0 Å². The molecule has 1 amide bonds. The highest BCUT2D eigenvalue weighted by molar-refractivity contribution is 7.91. The number of hydrogen-bond acceptors (Lipinski definition) is 5. The number of alkyl halides is 3. The lowest BCUT2D eigenvalue weighted by molar-refractivity contribution is -0.137. The molecule has 142 valence electrons. The van der Waals surface area contributed by atoms with Crippen LogP contribution in [0.4, 0.5) is 18.9 Å². The van der Waals surface area contributed by atoms with Gasteiger partial charge in [0.1, 0.15) is 9.96 Å². The van der Waals surface area contributed by atoms with E-state index in [1.165, 1.54) is 12.1 Å². The van der Waals surface area contributed by atoms with Crippen molar-refractivity contribution in [3.05, 3.63) is 41.3 Å². The van der Waals surface area contributed by atoms with E-state index >= 15 is 0 Å². The van der Waals surface area contributed by atoms with Crippen molar-refractivity contribution in [3.63, 3.8) is 0 Å². The molecule has 0 aliphatic carbocycles. The number of amides is 1. The summed E-state index contributed by atoms with van der Waals surface area (Å²) >= 11 is 0.972. The second-order valence-electron chi connectivity index (χ2n) is 4.95. The summed E-state index contributed by atoms with van der Waals surface area (Å²) < 4.78 is 69.7. The van der Waals surface area contributed by atoms with Crippen LogP contribution in [-0.2, 0) is 21.0 Å². The Kier molecular flexibility index (Phi) is 6.26. The number of benzene rings is 1. The third-order valence-corrected chi connectivity index (χ3v) is 5.86. The average Bonchev–Trinajstić information content (AvgIpc) is 3.09. The van der Waals surface area contributed by atoms with Crippen molar-refractivity contribution in [2.75, 3.05) is 18.5 Å². The van der Waals surface area contributed by atoms with Gasteiger partial charge in [0.15, 0.2) is 0 Å². The first-order valence-electron chi connectivity index (χ1n) is 7.30. The van der Waals surface area contributed by atoms with Crippen molar-refractivity contribution in [2.45, 2.75) is 17.3 Å². The first-order valence-corrected chi connectivity index (χ1v) is 9.67. The van der Waals surface area contributed by atoms with E-state index in [-0.39, 0.29) is 22.3 Å². The molecule has 26 heavy (non-hydrogen) atoms. The maximum absolute atomic E-state index is 12.8. The number of nitrogens with one attached hydrogen (secondary N) is 2. The van der Waals surface area contributed by atoms with Gasteiger partial charge in [-0.2, -0.15) is 13.2 Å². The Morgan fingerprint density at radius 2 is 2.00 bits per heavy atom. The molecule has 6 nitrogen and oxygen atoms in total. The van der Waals surface area contributed by atoms with Crippen LogP contribution >= 0.6 is 11.3 Å². The van der Waals surface area contributed by atoms with Gasteiger partial charge in [0.05, 0.1) is 24.4 Å². The van der Waals surface area contributed by atoms with E-state index in [1.807, 2.05) is 0 Å². The first-order chi connectivity index (χ1) is 12.1.